The molecule has 3 aliphatic rings. The largest absolute Gasteiger partial charge is 0.489 e. The molecule has 1 fully saturated rings. The third-order valence-corrected chi connectivity index (χ3v) is 7.31. The van der Waals surface area contributed by atoms with Gasteiger partial charge in [-0.15, -0.1) is 0 Å². The van der Waals surface area contributed by atoms with Gasteiger partial charge in [-0.1, -0.05) is 35.9 Å². The molecule has 2 heterocycles. The van der Waals surface area contributed by atoms with E-state index in [9.17, 15) is 9.90 Å². The molecule has 0 aromatic heterocycles. The van der Waals surface area contributed by atoms with Crippen LogP contribution in [0.5, 0.6) is 5.75 Å². The maximum absolute atomic E-state index is 11.5. The Balaban J connectivity index is 1.51. The lowest BCUT2D eigenvalue weighted by Gasteiger charge is -2.38. The molecule has 5 rings (SSSR count). The van der Waals surface area contributed by atoms with Crippen LogP contribution in [-0.2, 0) is 0 Å². The van der Waals surface area contributed by atoms with Gasteiger partial charge in [0.15, 0.2) is 0 Å². The van der Waals surface area contributed by atoms with E-state index >= 15 is 0 Å². The molecule has 2 N–H and O–H groups in total. The van der Waals surface area contributed by atoms with Crippen molar-refractivity contribution in [2.45, 2.75) is 24.5 Å². The molecular weight excluding hydrogens is 394 g/mol. The predicted octanol–water partition coefficient (Wildman–Crippen LogP) is 5.36. The Kier molecular flexibility index (Phi) is 4.52. The first-order valence-electron chi connectivity index (χ1n) is 9.44. The van der Waals surface area contributed by atoms with Gasteiger partial charge in [0.05, 0.1) is 22.3 Å². The highest BCUT2D eigenvalue weighted by molar-refractivity contribution is 8.00. The zero-order chi connectivity index (χ0) is 19.3. The van der Waals surface area contributed by atoms with Gasteiger partial charge >= 0.3 is 5.97 Å². The minimum Gasteiger partial charge on any atom is -0.489 e. The third-order valence-electron chi connectivity index (χ3n) is 5.80. The zero-order valence-electron chi connectivity index (χ0n) is 15.1. The summed E-state index contributed by atoms with van der Waals surface area (Å²) in [6.45, 7) is 0. The van der Waals surface area contributed by atoms with Crippen molar-refractivity contribution >= 4 is 35.0 Å². The van der Waals surface area contributed by atoms with Crippen molar-refractivity contribution in [3.05, 3.63) is 70.3 Å². The van der Waals surface area contributed by atoms with Crippen molar-refractivity contribution in [1.82, 2.24) is 0 Å². The molecule has 6 heteroatoms. The van der Waals surface area contributed by atoms with Crippen LogP contribution < -0.4 is 10.1 Å². The van der Waals surface area contributed by atoms with E-state index in [4.69, 9.17) is 16.3 Å². The number of nitrogens with one attached hydrogen (secondary N) is 1. The van der Waals surface area contributed by atoms with Crippen LogP contribution in [0.4, 0.5) is 5.69 Å². The lowest BCUT2D eigenvalue weighted by Crippen LogP contribution is -2.31. The zero-order valence-corrected chi connectivity index (χ0v) is 16.7. The molecule has 2 aliphatic heterocycles. The highest BCUT2D eigenvalue weighted by Gasteiger charge is 2.39. The van der Waals surface area contributed by atoms with E-state index < -0.39 is 5.97 Å². The number of halogens is 1. The van der Waals surface area contributed by atoms with E-state index in [1.807, 2.05) is 23.9 Å². The van der Waals surface area contributed by atoms with Gasteiger partial charge < -0.3 is 15.2 Å². The van der Waals surface area contributed by atoms with Crippen LogP contribution in [0.2, 0.25) is 5.02 Å². The van der Waals surface area contributed by atoms with Gasteiger partial charge in [0.2, 0.25) is 0 Å². The smallest absolute Gasteiger partial charge is 0.335 e. The van der Waals surface area contributed by atoms with E-state index in [1.54, 1.807) is 6.07 Å². The first-order chi connectivity index (χ1) is 13.6. The topological polar surface area (TPSA) is 58.6 Å². The molecule has 4 nitrogen and oxygen atoms in total. The van der Waals surface area contributed by atoms with E-state index in [1.165, 1.54) is 11.6 Å². The van der Waals surface area contributed by atoms with E-state index in [2.05, 4.69) is 29.6 Å². The fraction of sp³-hybridized carbons (Fsp3) is 0.318. The molecule has 2 aromatic carbocycles. The van der Waals surface area contributed by atoms with Gasteiger partial charge in [-0.3, -0.25) is 0 Å². The van der Waals surface area contributed by atoms with Crippen molar-refractivity contribution in [2.75, 3.05) is 16.8 Å². The highest BCUT2D eigenvalue weighted by atomic mass is 35.5. The molecule has 0 radical (unpaired) electrons. The summed E-state index contributed by atoms with van der Waals surface area (Å²) in [4.78, 5) is 11.5. The minimum atomic E-state index is -0.954. The van der Waals surface area contributed by atoms with Gasteiger partial charge in [-0.25, -0.2) is 4.79 Å². The second-order valence-electron chi connectivity index (χ2n) is 7.55. The summed E-state index contributed by atoms with van der Waals surface area (Å²) >= 11 is 8.39. The Morgan fingerprint density at radius 1 is 1.25 bits per heavy atom. The number of ether oxygens (including phenoxy) is 1. The highest BCUT2D eigenvalue weighted by Crippen LogP contribution is 2.52. The van der Waals surface area contributed by atoms with Gasteiger partial charge in [-0.05, 0) is 47.7 Å². The first-order valence-corrected chi connectivity index (χ1v) is 11.0. The third kappa shape index (κ3) is 3.07. The van der Waals surface area contributed by atoms with Gasteiger partial charge in [-0.2, -0.15) is 11.8 Å². The fourth-order valence-corrected chi connectivity index (χ4v) is 5.21. The standard InChI is InChI=1S/C22H20ClNO3S/c23-19-9-13(22(25)26)8-18-16-5-2-6-17(16)20(24-21(18)19)12-3-1-4-14(7-12)27-15-10-28-11-15/h1-5,7-9,15-17,20,24H,6,10-11H2,(H,25,26)/t16-,17+,20-/m1/s1. The number of thioether (sulfide) groups is 1. The number of carbonyl (C=O) groups is 1. The lowest BCUT2D eigenvalue weighted by atomic mass is 9.76. The van der Waals surface area contributed by atoms with Crippen molar-refractivity contribution in [1.29, 1.82) is 0 Å². The molecule has 0 spiro atoms. The van der Waals surface area contributed by atoms with Crippen molar-refractivity contribution in [3.63, 3.8) is 0 Å². The number of hydrogen-bond donors (Lipinski definition) is 2. The fourth-order valence-electron chi connectivity index (χ4n) is 4.36. The van der Waals surface area contributed by atoms with Crippen LogP contribution in [-0.4, -0.2) is 28.7 Å². The van der Waals surface area contributed by atoms with Crippen LogP contribution >= 0.6 is 23.4 Å². The summed E-state index contributed by atoms with van der Waals surface area (Å²) in [5.74, 6) is 2.53. The second kappa shape index (κ2) is 7.05. The van der Waals surface area contributed by atoms with Crippen LogP contribution in [0.25, 0.3) is 0 Å². The average Bonchev–Trinajstić information content (AvgIpc) is 3.14. The Morgan fingerprint density at radius 2 is 2.11 bits per heavy atom. The number of rotatable bonds is 4. The Bertz CT molecular complexity index is 972. The number of hydrogen-bond acceptors (Lipinski definition) is 4. The van der Waals surface area contributed by atoms with Crippen molar-refractivity contribution in [3.8, 4) is 5.75 Å². The quantitative estimate of drug-likeness (QED) is 0.661. The summed E-state index contributed by atoms with van der Waals surface area (Å²) < 4.78 is 6.07. The Labute approximate surface area is 172 Å². The summed E-state index contributed by atoms with van der Waals surface area (Å²) in [6.07, 6.45) is 5.63. The second-order valence-corrected chi connectivity index (χ2v) is 9.03. The normalized spacial score (nSPS) is 25.4. The molecule has 3 atom stereocenters. The lowest BCUT2D eigenvalue weighted by molar-refractivity contribution is 0.0696. The molecule has 1 aliphatic carbocycles. The van der Waals surface area contributed by atoms with Crippen LogP contribution in [0.3, 0.4) is 0 Å². The number of anilines is 1. The van der Waals surface area contributed by atoms with E-state index in [-0.39, 0.29) is 17.5 Å². The monoisotopic (exact) mass is 413 g/mol. The molecular formula is C22H20ClNO3S. The molecule has 0 bridgehead atoms. The summed E-state index contributed by atoms with van der Waals surface area (Å²) in [7, 11) is 0. The van der Waals surface area contributed by atoms with Crippen LogP contribution in [0, 0.1) is 5.92 Å². The van der Waals surface area contributed by atoms with Crippen molar-refractivity contribution < 1.29 is 14.6 Å². The molecule has 0 unspecified atom stereocenters. The number of benzene rings is 2. The summed E-state index contributed by atoms with van der Waals surface area (Å²) in [6, 6.07) is 11.7. The maximum atomic E-state index is 11.5. The first kappa shape index (κ1) is 18.0. The van der Waals surface area contributed by atoms with Crippen LogP contribution in [0.15, 0.2) is 48.6 Å². The molecule has 28 heavy (non-hydrogen) atoms. The summed E-state index contributed by atoms with van der Waals surface area (Å²) in [5.41, 5.74) is 3.22. The SMILES string of the molecule is O=C(O)c1cc(Cl)c2c(c1)[C@@H]1C=CC[C@@H]1[C@@H](c1cccc(OC3CSC3)c1)N2. The maximum Gasteiger partial charge on any atom is 0.335 e. The van der Waals surface area contributed by atoms with E-state index in [0.29, 0.717) is 17.0 Å². The van der Waals surface area contributed by atoms with E-state index in [0.717, 1.165) is 34.9 Å². The van der Waals surface area contributed by atoms with Gasteiger partial charge in [0, 0.05) is 17.4 Å². The molecule has 0 saturated carbocycles. The Morgan fingerprint density at radius 3 is 2.86 bits per heavy atom. The molecule has 1 saturated heterocycles. The Hall–Kier alpha value is -2.11. The number of carboxylic acid groups (broad SMARTS) is 1. The van der Waals surface area contributed by atoms with Crippen molar-refractivity contribution in [2.24, 2.45) is 5.92 Å². The van der Waals surface area contributed by atoms with Gasteiger partial charge in [0.25, 0.3) is 0 Å². The van der Waals surface area contributed by atoms with Crippen LogP contribution in [0.1, 0.15) is 39.9 Å². The van der Waals surface area contributed by atoms with Gasteiger partial charge in [0.1, 0.15) is 11.9 Å². The molecule has 144 valence electrons. The summed E-state index contributed by atoms with van der Waals surface area (Å²) in [5, 5.41) is 13.5. The minimum absolute atomic E-state index is 0.0972. The molecule has 2 aromatic rings. The number of aromatic carboxylic acids is 1. The number of fused-ring (bicyclic) bond motifs is 3. The number of allylic oxidation sites excluding steroid dienone is 2. The predicted molar refractivity (Wildman–Crippen MR) is 113 cm³/mol. The number of carboxylic acids is 1. The molecule has 0 amide bonds. The average molecular weight is 414 g/mol.